The second-order valence-electron chi connectivity index (χ2n) is 29.6. The van der Waals surface area contributed by atoms with Crippen LogP contribution < -0.4 is 15.3 Å². The zero-order valence-corrected chi connectivity index (χ0v) is 64.1. The molecule has 3 aliphatic heterocycles. The van der Waals surface area contributed by atoms with Crippen molar-refractivity contribution in [1.82, 2.24) is 29.1 Å². The minimum Gasteiger partial charge on any atom is -0.399 e. The highest BCUT2D eigenvalue weighted by molar-refractivity contribution is 6.62. The Morgan fingerprint density at radius 2 is 0.588 bits per heavy atom. The molecule has 0 amide bonds. The summed E-state index contributed by atoms with van der Waals surface area (Å²) in [6.07, 6.45) is 0. The molecule has 3 aliphatic rings. The first-order valence-electron chi connectivity index (χ1n) is 38.6. The van der Waals surface area contributed by atoms with Gasteiger partial charge >= 0.3 is 7.12 Å². The van der Waals surface area contributed by atoms with E-state index in [1.807, 2.05) is 97.1 Å². The van der Waals surface area contributed by atoms with Crippen LogP contribution in [0.3, 0.4) is 0 Å². The third-order valence-electron chi connectivity index (χ3n) is 22.1. The number of hydrogen-bond donors (Lipinski definition) is 0. The Morgan fingerprint density at radius 3 is 1.00 bits per heavy atom. The summed E-state index contributed by atoms with van der Waals surface area (Å²) in [6, 6.07) is 136. The maximum absolute atomic E-state index is 6.36. The van der Waals surface area contributed by atoms with Crippen molar-refractivity contribution in [2.75, 3.05) is 9.80 Å². The minimum atomic E-state index is -0.399. The SMILES string of the molecule is CC1(C)OB(c2ccc(N3c4ccccc4-c4c(n(-c5ccccc5)c5ccccc45)-c4ccccc43)cc2)OC1(C)C.Clc1cc(-c2ccccc2)nc(-c2ccccc2)n1.c1ccc(-c2cc(-c3ccc(N4c5ccccc5-c5c(n(-c6ccccc6)c6ccccc56)-c5ccccc54)cc3)nc(-c3ccccc3)n2)cc1. The largest absolute Gasteiger partial charge is 0.494 e. The van der Waals surface area contributed by atoms with Crippen LogP contribution in [-0.4, -0.2) is 47.4 Å². The molecule has 0 bridgehead atoms. The average molecular weight is 1490 g/mol. The van der Waals surface area contributed by atoms with Crippen molar-refractivity contribution in [2.24, 2.45) is 0 Å². The van der Waals surface area contributed by atoms with Crippen LogP contribution in [0, 0.1) is 0 Å². The number of rotatable bonds is 10. The van der Waals surface area contributed by atoms with Gasteiger partial charge in [-0.15, -0.1) is 0 Å². The van der Waals surface area contributed by atoms with Crippen LogP contribution in [0.1, 0.15) is 27.7 Å². The Balaban J connectivity index is 0.000000126. The standard InChI is InChI=1S/C48H32N4.C38H33BN2O2.C16H11ClN2/c1-4-16-33(17-5-1)41-32-42(50-48(49-41)35-18-6-2-7-19-35)34-28-30-37(31-29-34)51-43-25-13-10-22-38(43)46-39-23-11-14-26-44(39)52(36-20-8-3-9-21-36)47(46)40-24-12-15-27-45(40)51;1-37(2)38(3,4)43-39(42-37)26-22-24-28(25-23-26)40-32-19-11-8-16-29(32)35-30-17-9-12-20-33(30)41(27-14-6-5-7-15-27)36(35)31-18-10-13-21-34(31)40;17-15-11-14(12-7-3-1-4-8-12)18-16(19-15)13-9-5-2-6-10-13/h1-32H;5-25H,1-4H3;1-11H. The molecule has 0 unspecified atom stereocenters. The first-order valence-corrected chi connectivity index (χ1v) is 38.9. The van der Waals surface area contributed by atoms with E-state index in [1.165, 1.54) is 66.6 Å². The van der Waals surface area contributed by atoms with Crippen molar-refractivity contribution >= 4 is 80.1 Å². The summed E-state index contributed by atoms with van der Waals surface area (Å²) in [5.41, 5.74) is 28.9. The number of benzene rings is 14. The highest BCUT2D eigenvalue weighted by Crippen LogP contribution is 2.57. The van der Waals surface area contributed by atoms with E-state index < -0.39 is 7.12 Å². The Hall–Kier alpha value is -13.8. The molecule has 4 aromatic heterocycles. The van der Waals surface area contributed by atoms with Crippen molar-refractivity contribution in [2.45, 2.75) is 38.9 Å². The summed E-state index contributed by atoms with van der Waals surface area (Å²) in [5, 5.41) is 2.92. The molecule has 0 atom stereocenters. The van der Waals surface area contributed by atoms with E-state index in [4.69, 9.17) is 30.9 Å². The third kappa shape index (κ3) is 13.0. The average Bonchev–Trinajstić information content (AvgIpc) is 1.56. The molecular weight excluding hydrogens is 1420 g/mol. The van der Waals surface area contributed by atoms with Crippen LogP contribution in [0.4, 0.5) is 34.1 Å². The second-order valence-corrected chi connectivity index (χ2v) is 30.0. The number of para-hydroxylation sites is 8. The molecular formula is C102H76BClN8O2. The predicted octanol–water partition coefficient (Wildman–Crippen LogP) is 26.0. The van der Waals surface area contributed by atoms with Gasteiger partial charge < -0.3 is 28.2 Å². The van der Waals surface area contributed by atoms with E-state index in [0.29, 0.717) is 16.8 Å². The molecule has 546 valence electrons. The lowest BCUT2D eigenvalue weighted by molar-refractivity contribution is 0.00578. The van der Waals surface area contributed by atoms with E-state index >= 15 is 0 Å². The van der Waals surface area contributed by atoms with Gasteiger partial charge in [0.2, 0.25) is 0 Å². The molecule has 1 saturated heterocycles. The Morgan fingerprint density at radius 1 is 0.281 bits per heavy atom. The first-order chi connectivity index (χ1) is 56.0. The summed E-state index contributed by atoms with van der Waals surface area (Å²) in [7, 11) is -0.399. The second kappa shape index (κ2) is 29.8. The topological polar surface area (TPSA) is 86.4 Å². The van der Waals surface area contributed by atoms with Crippen LogP contribution in [0.2, 0.25) is 5.15 Å². The quantitative estimate of drug-likeness (QED) is 0.0989. The molecule has 0 N–H and O–H groups in total. The molecule has 0 saturated carbocycles. The van der Waals surface area contributed by atoms with Crippen molar-refractivity contribution in [3.63, 3.8) is 0 Å². The van der Waals surface area contributed by atoms with Crippen molar-refractivity contribution in [3.8, 4) is 113 Å². The van der Waals surface area contributed by atoms with Gasteiger partial charge in [0.25, 0.3) is 0 Å². The summed E-state index contributed by atoms with van der Waals surface area (Å²) in [4.78, 5) is 23.7. The number of halogens is 1. The molecule has 14 aromatic carbocycles. The van der Waals surface area contributed by atoms with Crippen molar-refractivity contribution < 1.29 is 9.31 Å². The van der Waals surface area contributed by atoms with Crippen LogP contribution in [0.5, 0.6) is 0 Å². The number of fused-ring (bicyclic) bond motifs is 14. The third-order valence-corrected chi connectivity index (χ3v) is 22.3. The van der Waals surface area contributed by atoms with Crippen LogP contribution >= 0.6 is 11.6 Å². The lowest BCUT2D eigenvalue weighted by atomic mass is 9.79. The number of aromatic nitrogens is 6. The zero-order chi connectivity index (χ0) is 76.9. The molecule has 1 fully saturated rings. The van der Waals surface area contributed by atoms with Crippen molar-refractivity contribution in [1.29, 1.82) is 0 Å². The molecule has 21 rings (SSSR count). The lowest BCUT2D eigenvalue weighted by Crippen LogP contribution is -2.41. The smallest absolute Gasteiger partial charge is 0.399 e. The highest BCUT2D eigenvalue weighted by Gasteiger charge is 2.52. The van der Waals surface area contributed by atoms with Gasteiger partial charge in [0.05, 0.1) is 73.5 Å². The summed E-state index contributed by atoms with van der Waals surface area (Å²) >= 11 is 6.10. The number of hydrogen-bond acceptors (Lipinski definition) is 8. The fourth-order valence-electron chi connectivity index (χ4n) is 16.0. The molecule has 12 heteroatoms. The van der Waals surface area contributed by atoms with Crippen LogP contribution in [0.15, 0.2) is 388 Å². The van der Waals surface area contributed by atoms with Gasteiger partial charge in [-0.05, 0) is 124 Å². The van der Waals surface area contributed by atoms with Crippen LogP contribution in [0.25, 0.3) is 134 Å². The fraction of sp³-hybridized carbons (Fsp3) is 0.0588. The molecule has 0 aliphatic carbocycles. The first kappa shape index (κ1) is 70.6. The normalized spacial score (nSPS) is 13.3. The number of anilines is 6. The molecule has 0 spiro atoms. The van der Waals surface area contributed by atoms with Crippen molar-refractivity contribution in [3.05, 3.63) is 393 Å². The Labute approximate surface area is 668 Å². The monoisotopic (exact) mass is 1490 g/mol. The molecule has 10 nitrogen and oxygen atoms in total. The Kier molecular flexibility index (Phi) is 18.4. The van der Waals surface area contributed by atoms with Gasteiger partial charge in [0.1, 0.15) is 5.15 Å². The van der Waals surface area contributed by atoms with E-state index in [2.05, 4.69) is 342 Å². The number of nitrogens with zero attached hydrogens (tertiary/aromatic N) is 8. The minimum absolute atomic E-state index is 0.383. The van der Waals surface area contributed by atoms with E-state index in [9.17, 15) is 0 Å². The summed E-state index contributed by atoms with van der Waals surface area (Å²) < 4.78 is 17.6. The molecule has 114 heavy (non-hydrogen) atoms. The predicted molar refractivity (Wildman–Crippen MR) is 470 cm³/mol. The molecule has 18 aromatic rings. The molecule has 0 radical (unpaired) electrons. The molecule has 7 heterocycles. The zero-order valence-electron chi connectivity index (χ0n) is 63.3. The fourth-order valence-corrected chi connectivity index (χ4v) is 16.2. The van der Waals surface area contributed by atoms with Gasteiger partial charge in [-0.25, -0.2) is 19.9 Å². The van der Waals surface area contributed by atoms with Gasteiger partial charge in [0, 0.05) is 101 Å². The van der Waals surface area contributed by atoms with Gasteiger partial charge in [0.15, 0.2) is 11.6 Å². The van der Waals surface area contributed by atoms with Gasteiger partial charge in [-0.2, -0.15) is 0 Å². The Bertz CT molecular complexity index is 6430. The summed E-state index contributed by atoms with van der Waals surface area (Å²) in [5.74, 6) is 1.35. The van der Waals surface area contributed by atoms with E-state index in [0.717, 1.165) is 95.9 Å². The summed E-state index contributed by atoms with van der Waals surface area (Å²) in [6.45, 7) is 8.37. The van der Waals surface area contributed by atoms with E-state index in [-0.39, 0.29) is 11.2 Å². The van der Waals surface area contributed by atoms with Gasteiger partial charge in [-0.1, -0.05) is 303 Å². The van der Waals surface area contributed by atoms with E-state index in [1.54, 1.807) is 6.07 Å². The maximum atomic E-state index is 6.36. The van der Waals surface area contributed by atoms with Crippen LogP contribution in [-0.2, 0) is 9.31 Å². The highest BCUT2D eigenvalue weighted by atomic mass is 35.5. The van der Waals surface area contributed by atoms with Gasteiger partial charge in [-0.3, -0.25) is 0 Å². The maximum Gasteiger partial charge on any atom is 0.494 e. The lowest BCUT2D eigenvalue weighted by Gasteiger charge is -2.32.